The van der Waals surface area contributed by atoms with E-state index in [-0.39, 0.29) is 6.04 Å². The van der Waals surface area contributed by atoms with Crippen LogP contribution in [0.1, 0.15) is 26.3 Å². The molecule has 0 aliphatic heterocycles. The van der Waals surface area contributed by atoms with Gasteiger partial charge in [-0.15, -0.1) is 5.73 Å². The number of alkyl carbamates (subject to hydrolysis) is 1. The zero-order chi connectivity index (χ0) is 15.0. The third kappa shape index (κ3) is 7.36. The molecule has 0 spiro atoms. The normalized spacial score (nSPS) is 12.0. The van der Waals surface area contributed by atoms with Gasteiger partial charge in [0.25, 0.3) is 0 Å². The topological polar surface area (TPSA) is 38.3 Å². The first kappa shape index (κ1) is 16.8. The highest BCUT2D eigenvalue weighted by Gasteiger charge is 2.18. The SMILES string of the molecule is CC(C)(C)OC(=O)N[C@H](C=C=CI)Cc1ccccc1. The lowest BCUT2D eigenvalue weighted by atomic mass is 10.1. The minimum atomic E-state index is -0.496. The van der Waals surface area contributed by atoms with Crippen molar-refractivity contribution in [2.24, 2.45) is 0 Å². The molecule has 0 radical (unpaired) electrons. The number of rotatable bonds is 4. The van der Waals surface area contributed by atoms with Crippen LogP contribution in [0, 0.1) is 0 Å². The van der Waals surface area contributed by atoms with Crippen LogP contribution in [-0.2, 0) is 11.2 Å². The Kier molecular flexibility index (Phi) is 6.82. The van der Waals surface area contributed by atoms with E-state index >= 15 is 0 Å². The van der Waals surface area contributed by atoms with Gasteiger partial charge in [0.2, 0.25) is 0 Å². The van der Waals surface area contributed by atoms with Gasteiger partial charge in [-0.3, -0.25) is 0 Å². The molecule has 0 aliphatic carbocycles. The number of carbonyl (C=O) groups excluding carboxylic acids is 1. The monoisotopic (exact) mass is 385 g/mol. The van der Waals surface area contributed by atoms with Crippen molar-refractivity contribution in [3.63, 3.8) is 0 Å². The number of halogens is 1. The molecule has 1 aromatic rings. The Labute approximate surface area is 134 Å². The molecule has 0 aliphatic rings. The number of nitrogens with one attached hydrogen (secondary N) is 1. The third-order valence-corrected chi connectivity index (χ3v) is 2.72. The summed E-state index contributed by atoms with van der Waals surface area (Å²) in [6, 6.07) is 9.87. The molecule has 3 nitrogen and oxygen atoms in total. The molecule has 0 bridgehead atoms. The molecule has 1 rings (SSSR count). The first-order valence-corrected chi connectivity index (χ1v) is 7.70. The van der Waals surface area contributed by atoms with Crippen molar-refractivity contribution >= 4 is 28.7 Å². The molecule has 1 N–H and O–H groups in total. The Bertz CT molecular complexity index is 485. The third-order valence-electron chi connectivity index (χ3n) is 2.36. The highest BCUT2D eigenvalue weighted by atomic mass is 127. The average molecular weight is 385 g/mol. The summed E-state index contributed by atoms with van der Waals surface area (Å²) in [5.74, 6) is 0. The number of hydrogen-bond acceptors (Lipinski definition) is 2. The lowest BCUT2D eigenvalue weighted by Gasteiger charge is -2.22. The summed E-state index contributed by atoms with van der Waals surface area (Å²) in [7, 11) is 0. The van der Waals surface area contributed by atoms with Gasteiger partial charge in [-0.25, -0.2) is 4.79 Å². The van der Waals surface area contributed by atoms with Crippen molar-refractivity contribution in [2.45, 2.75) is 38.8 Å². The Morgan fingerprint density at radius 2 is 2.05 bits per heavy atom. The number of amides is 1. The molecule has 4 heteroatoms. The number of carbonyl (C=O) groups is 1. The van der Waals surface area contributed by atoms with E-state index in [0.29, 0.717) is 6.42 Å². The lowest BCUT2D eigenvalue weighted by molar-refractivity contribution is 0.0514. The van der Waals surface area contributed by atoms with Gasteiger partial charge in [-0.1, -0.05) is 30.3 Å². The van der Waals surface area contributed by atoms with Crippen molar-refractivity contribution in [3.05, 3.63) is 51.8 Å². The van der Waals surface area contributed by atoms with E-state index in [1.807, 2.05) is 57.2 Å². The largest absolute Gasteiger partial charge is 0.444 e. The summed E-state index contributed by atoms with van der Waals surface area (Å²) in [4.78, 5) is 11.8. The average Bonchev–Trinajstić information content (AvgIpc) is 2.35. The summed E-state index contributed by atoms with van der Waals surface area (Å²) < 4.78 is 7.06. The number of benzene rings is 1. The molecule has 0 fully saturated rings. The van der Waals surface area contributed by atoms with Gasteiger partial charge in [0.15, 0.2) is 0 Å². The van der Waals surface area contributed by atoms with E-state index in [9.17, 15) is 4.79 Å². The van der Waals surface area contributed by atoms with E-state index in [0.717, 1.165) is 5.56 Å². The van der Waals surface area contributed by atoms with Gasteiger partial charge in [0.1, 0.15) is 5.60 Å². The highest BCUT2D eigenvalue weighted by molar-refractivity contribution is 14.1. The zero-order valence-electron chi connectivity index (χ0n) is 12.0. The Hall–Kier alpha value is -1.26. The summed E-state index contributed by atoms with van der Waals surface area (Å²) in [5.41, 5.74) is 3.66. The van der Waals surface area contributed by atoms with Crippen LogP contribution >= 0.6 is 22.6 Å². The second kappa shape index (κ2) is 8.12. The zero-order valence-corrected chi connectivity index (χ0v) is 14.2. The molecule has 0 unspecified atom stereocenters. The van der Waals surface area contributed by atoms with Crippen molar-refractivity contribution in [3.8, 4) is 0 Å². The highest BCUT2D eigenvalue weighted by Crippen LogP contribution is 2.09. The van der Waals surface area contributed by atoms with Crippen molar-refractivity contribution in [1.29, 1.82) is 0 Å². The maximum absolute atomic E-state index is 11.8. The molecular formula is C16H20INO2. The summed E-state index contributed by atoms with van der Waals surface area (Å²) in [6.07, 6.45) is 2.13. The summed E-state index contributed by atoms with van der Waals surface area (Å²) >= 11 is 2.10. The van der Waals surface area contributed by atoms with Gasteiger partial charge in [-0.2, -0.15) is 0 Å². The predicted molar refractivity (Wildman–Crippen MR) is 90.0 cm³/mol. The molecule has 0 saturated carbocycles. The van der Waals surface area contributed by atoms with Gasteiger partial charge >= 0.3 is 6.09 Å². The van der Waals surface area contributed by atoms with Crippen molar-refractivity contribution in [1.82, 2.24) is 5.32 Å². The molecule has 1 atom stereocenters. The molecule has 0 saturated heterocycles. The number of hydrogen-bond donors (Lipinski definition) is 1. The van der Waals surface area contributed by atoms with E-state index < -0.39 is 11.7 Å². The van der Waals surface area contributed by atoms with Gasteiger partial charge in [0.05, 0.1) is 6.04 Å². The van der Waals surface area contributed by atoms with Crippen LogP contribution in [0.25, 0.3) is 0 Å². The molecule has 108 valence electrons. The molecule has 1 aromatic carbocycles. The van der Waals surface area contributed by atoms with Crippen LogP contribution in [0.2, 0.25) is 0 Å². The maximum Gasteiger partial charge on any atom is 0.408 e. The van der Waals surface area contributed by atoms with Gasteiger partial charge in [-0.05, 0) is 61.4 Å². The molecule has 1 amide bonds. The minimum Gasteiger partial charge on any atom is -0.444 e. The van der Waals surface area contributed by atoms with Crippen LogP contribution in [0.4, 0.5) is 4.79 Å². The summed E-state index contributed by atoms with van der Waals surface area (Å²) in [6.45, 7) is 5.54. The Morgan fingerprint density at radius 3 is 2.60 bits per heavy atom. The van der Waals surface area contributed by atoms with Crippen LogP contribution < -0.4 is 5.32 Å². The van der Waals surface area contributed by atoms with E-state index in [1.165, 1.54) is 0 Å². The Morgan fingerprint density at radius 1 is 1.40 bits per heavy atom. The van der Waals surface area contributed by atoms with Crippen molar-refractivity contribution < 1.29 is 9.53 Å². The van der Waals surface area contributed by atoms with Gasteiger partial charge in [0, 0.05) is 4.08 Å². The van der Waals surface area contributed by atoms with E-state index in [1.54, 1.807) is 4.08 Å². The first-order chi connectivity index (χ1) is 9.40. The van der Waals surface area contributed by atoms with Crippen LogP contribution in [0.5, 0.6) is 0 Å². The number of ether oxygens (including phenoxy) is 1. The second-order valence-corrected chi connectivity index (χ2v) is 6.01. The van der Waals surface area contributed by atoms with Crippen LogP contribution in [-0.4, -0.2) is 17.7 Å². The fourth-order valence-electron chi connectivity index (χ4n) is 1.63. The fourth-order valence-corrected chi connectivity index (χ4v) is 1.84. The molecular weight excluding hydrogens is 365 g/mol. The standard InChI is InChI=1S/C16H20INO2/c1-16(2,3)20-15(19)18-14(10-7-11-17)12-13-8-5-4-6-9-13/h4-6,8-11,14H,12H2,1-3H3,(H,18,19)/t7?,14-/m1/s1. The molecule has 0 aromatic heterocycles. The molecule has 0 heterocycles. The van der Waals surface area contributed by atoms with Crippen LogP contribution in [0.15, 0.2) is 46.2 Å². The fraction of sp³-hybridized carbons (Fsp3) is 0.375. The minimum absolute atomic E-state index is 0.140. The maximum atomic E-state index is 11.8. The van der Waals surface area contributed by atoms with Crippen LogP contribution in [0.3, 0.4) is 0 Å². The summed E-state index contributed by atoms with van der Waals surface area (Å²) in [5, 5.41) is 2.85. The van der Waals surface area contributed by atoms with Gasteiger partial charge < -0.3 is 10.1 Å². The lowest BCUT2D eigenvalue weighted by Crippen LogP contribution is -2.39. The van der Waals surface area contributed by atoms with E-state index in [2.05, 4.69) is 33.6 Å². The predicted octanol–water partition coefficient (Wildman–Crippen LogP) is 4.23. The van der Waals surface area contributed by atoms with Crippen molar-refractivity contribution in [2.75, 3.05) is 0 Å². The van der Waals surface area contributed by atoms with E-state index in [4.69, 9.17) is 4.74 Å². The smallest absolute Gasteiger partial charge is 0.408 e. The molecule has 20 heavy (non-hydrogen) atoms. The second-order valence-electron chi connectivity index (χ2n) is 5.38. The Balaban J connectivity index is 2.70. The first-order valence-electron chi connectivity index (χ1n) is 6.45. The quantitative estimate of drug-likeness (QED) is 0.623.